The fraction of sp³-hybridized carbons (Fsp3) is 0.583. The number of carbonyl (C=O) groups is 4. The highest BCUT2D eigenvalue weighted by molar-refractivity contribution is 14.1. The number of esters is 3. The number of urea groups is 1. The fourth-order valence-corrected chi connectivity index (χ4v) is 3.43. The number of ether oxygens (including phenoxy) is 3. The third-order valence-corrected chi connectivity index (χ3v) is 4.88. The first-order valence-corrected chi connectivity index (χ1v) is 12.0. The zero-order chi connectivity index (χ0) is 26.1. The molecule has 1 aromatic carbocycles. The molecular weight excluding hydrogens is 555 g/mol. The molecule has 2 N–H and O–H groups in total. The third kappa shape index (κ3) is 12.2. The van der Waals surface area contributed by atoms with Gasteiger partial charge in [-0.05, 0) is 88.3 Å². The Morgan fingerprint density at radius 1 is 0.941 bits per heavy atom. The van der Waals surface area contributed by atoms with Crippen LogP contribution in [-0.2, 0) is 28.6 Å². The Hall–Kier alpha value is -2.37. The number of hydrogen-bond acceptors (Lipinski definition) is 7. The second kappa shape index (κ2) is 12.9. The summed E-state index contributed by atoms with van der Waals surface area (Å²) in [5.74, 6) is -1.67. The molecule has 0 saturated heterocycles. The summed E-state index contributed by atoms with van der Waals surface area (Å²) in [6.07, 6.45) is -0.203. The lowest BCUT2D eigenvalue weighted by Gasteiger charge is -2.26. The molecule has 0 spiro atoms. The van der Waals surface area contributed by atoms with Crippen LogP contribution in [0.4, 0.5) is 4.79 Å². The average molecular weight is 590 g/mol. The van der Waals surface area contributed by atoms with Gasteiger partial charge in [0.25, 0.3) is 0 Å². The van der Waals surface area contributed by atoms with Gasteiger partial charge in [-0.2, -0.15) is 0 Å². The van der Waals surface area contributed by atoms with Crippen LogP contribution in [0, 0.1) is 3.57 Å². The van der Waals surface area contributed by atoms with Crippen LogP contribution in [0.3, 0.4) is 0 Å². The minimum atomic E-state index is -1.10. The van der Waals surface area contributed by atoms with Gasteiger partial charge in [0.05, 0.1) is 19.6 Å². The molecule has 1 aromatic rings. The molecule has 0 fully saturated rings. The molecule has 34 heavy (non-hydrogen) atoms. The van der Waals surface area contributed by atoms with Crippen LogP contribution in [-0.4, -0.2) is 48.3 Å². The monoisotopic (exact) mass is 590 g/mol. The summed E-state index contributed by atoms with van der Waals surface area (Å²) in [4.78, 5) is 49.6. The van der Waals surface area contributed by atoms with Gasteiger partial charge in [0.15, 0.2) is 0 Å². The molecule has 2 amide bonds. The van der Waals surface area contributed by atoms with E-state index in [-0.39, 0.29) is 19.3 Å². The smallest absolute Gasteiger partial charge is 0.329 e. The molecule has 2 atom stereocenters. The summed E-state index contributed by atoms with van der Waals surface area (Å²) in [7, 11) is 1.27. The van der Waals surface area contributed by atoms with Crippen molar-refractivity contribution in [3.63, 3.8) is 0 Å². The molecule has 0 heterocycles. The Bertz CT molecular complexity index is 875. The number of rotatable bonds is 9. The molecular formula is C24H35IN2O7. The predicted octanol–water partition coefficient (Wildman–Crippen LogP) is 4.03. The standard InChI is InChI=1S/C24H35IN2O7/c1-23(2,3)33-19(28)12-11-17(21(30)34-24(4,5)6)26-22(31)27-18(14-20(29)32-7)15-9-8-10-16(25)13-15/h8-10,13,17-18H,11-12,14H2,1-7H3,(H2,26,27,31)/t17-,18?/m0/s1. The summed E-state index contributed by atoms with van der Waals surface area (Å²) in [6.45, 7) is 10.4. The van der Waals surface area contributed by atoms with E-state index in [0.29, 0.717) is 5.56 Å². The third-order valence-electron chi connectivity index (χ3n) is 4.21. The maximum atomic E-state index is 12.8. The van der Waals surface area contributed by atoms with Crippen molar-refractivity contribution in [3.05, 3.63) is 33.4 Å². The van der Waals surface area contributed by atoms with E-state index >= 15 is 0 Å². The topological polar surface area (TPSA) is 120 Å². The minimum Gasteiger partial charge on any atom is -0.469 e. The number of halogens is 1. The lowest BCUT2D eigenvalue weighted by Crippen LogP contribution is -2.49. The van der Waals surface area contributed by atoms with Crippen LogP contribution in [0.15, 0.2) is 24.3 Å². The first kappa shape index (κ1) is 29.7. The van der Waals surface area contributed by atoms with Crippen LogP contribution in [0.5, 0.6) is 0 Å². The Morgan fingerprint density at radius 3 is 2.09 bits per heavy atom. The van der Waals surface area contributed by atoms with Crippen LogP contribution >= 0.6 is 22.6 Å². The van der Waals surface area contributed by atoms with Crippen molar-refractivity contribution in [1.82, 2.24) is 10.6 Å². The Kier molecular flexibility index (Phi) is 11.3. The van der Waals surface area contributed by atoms with Crippen molar-refractivity contribution >= 4 is 46.5 Å². The number of hydrogen-bond donors (Lipinski definition) is 2. The molecule has 0 aliphatic heterocycles. The second-order valence-corrected chi connectivity index (χ2v) is 11.0. The summed E-state index contributed by atoms with van der Waals surface area (Å²) >= 11 is 2.13. The SMILES string of the molecule is COC(=O)CC(NC(=O)N[C@@H](CCC(=O)OC(C)(C)C)C(=O)OC(C)(C)C)c1cccc(I)c1. The molecule has 190 valence electrons. The van der Waals surface area contributed by atoms with Gasteiger partial charge in [-0.15, -0.1) is 0 Å². The second-order valence-electron chi connectivity index (χ2n) is 9.72. The van der Waals surface area contributed by atoms with Crippen LogP contribution in [0.2, 0.25) is 0 Å². The molecule has 0 bridgehead atoms. The van der Waals surface area contributed by atoms with Crippen molar-refractivity contribution in [1.29, 1.82) is 0 Å². The van der Waals surface area contributed by atoms with E-state index in [2.05, 4.69) is 33.2 Å². The zero-order valence-corrected chi connectivity index (χ0v) is 23.0. The molecule has 10 heteroatoms. The molecule has 0 saturated carbocycles. The molecule has 9 nitrogen and oxygen atoms in total. The van der Waals surface area contributed by atoms with Crippen molar-refractivity contribution in [3.8, 4) is 0 Å². The summed E-state index contributed by atoms with van der Waals surface area (Å²) in [5.41, 5.74) is -0.749. The van der Waals surface area contributed by atoms with Gasteiger partial charge >= 0.3 is 23.9 Å². The van der Waals surface area contributed by atoms with Gasteiger partial charge in [0, 0.05) is 9.99 Å². The summed E-state index contributed by atoms with van der Waals surface area (Å²) in [6, 6.07) is 4.84. The Morgan fingerprint density at radius 2 is 1.56 bits per heavy atom. The van der Waals surface area contributed by atoms with E-state index in [1.54, 1.807) is 47.6 Å². The normalized spacial score (nSPS) is 13.3. The van der Waals surface area contributed by atoms with E-state index in [4.69, 9.17) is 14.2 Å². The summed E-state index contributed by atoms with van der Waals surface area (Å²) in [5, 5.41) is 5.30. The quantitative estimate of drug-likeness (QED) is 0.253. The van der Waals surface area contributed by atoms with Gasteiger partial charge in [-0.1, -0.05) is 12.1 Å². The maximum Gasteiger partial charge on any atom is 0.329 e. The van der Waals surface area contributed by atoms with Gasteiger partial charge in [-0.3, -0.25) is 9.59 Å². The first-order chi connectivity index (χ1) is 15.6. The number of methoxy groups -OCH3 is 1. The van der Waals surface area contributed by atoms with Crippen LogP contribution in [0.1, 0.15) is 72.4 Å². The lowest BCUT2D eigenvalue weighted by molar-refractivity contribution is -0.158. The first-order valence-electron chi connectivity index (χ1n) is 10.9. The molecule has 1 unspecified atom stereocenters. The van der Waals surface area contributed by atoms with E-state index in [0.717, 1.165) is 3.57 Å². The van der Waals surface area contributed by atoms with Gasteiger partial charge in [-0.25, -0.2) is 9.59 Å². The number of carbonyl (C=O) groups excluding carboxylic acids is 4. The number of nitrogens with one attached hydrogen (secondary N) is 2. The molecule has 1 rings (SSSR count). The van der Waals surface area contributed by atoms with Gasteiger partial charge in [0.1, 0.15) is 17.2 Å². The van der Waals surface area contributed by atoms with Crippen molar-refractivity contribution in [2.45, 2.75) is 84.1 Å². The molecule has 0 aromatic heterocycles. The van der Waals surface area contributed by atoms with Crippen molar-refractivity contribution < 1.29 is 33.4 Å². The number of benzene rings is 1. The highest BCUT2D eigenvalue weighted by Gasteiger charge is 2.29. The van der Waals surface area contributed by atoms with Gasteiger partial charge < -0.3 is 24.8 Å². The van der Waals surface area contributed by atoms with Crippen molar-refractivity contribution in [2.24, 2.45) is 0 Å². The predicted molar refractivity (Wildman–Crippen MR) is 135 cm³/mol. The largest absolute Gasteiger partial charge is 0.469 e. The average Bonchev–Trinajstić information content (AvgIpc) is 2.67. The molecule has 0 aliphatic carbocycles. The van der Waals surface area contributed by atoms with E-state index in [1.165, 1.54) is 7.11 Å². The fourth-order valence-electron chi connectivity index (χ4n) is 2.86. The van der Waals surface area contributed by atoms with Crippen LogP contribution < -0.4 is 10.6 Å². The minimum absolute atomic E-state index is 0.0118. The van der Waals surface area contributed by atoms with Crippen molar-refractivity contribution in [2.75, 3.05) is 7.11 Å². The number of amides is 2. The Balaban J connectivity index is 2.99. The van der Waals surface area contributed by atoms with E-state index < -0.39 is 47.2 Å². The maximum absolute atomic E-state index is 12.8. The molecule has 0 radical (unpaired) electrons. The summed E-state index contributed by atoms with van der Waals surface area (Å²) < 4.78 is 16.4. The van der Waals surface area contributed by atoms with E-state index in [1.807, 2.05) is 18.2 Å². The highest BCUT2D eigenvalue weighted by atomic mass is 127. The van der Waals surface area contributed by atoms with Crippen LogP contribution in [0.25, 0.3) is 0 Å². The Labute approximate surface area is 214 Å². The molecule has 0 aliphatic rings. The lowest BCUT2D eigenvalue weighted by atomic mass is 10.0. The zero-order valence-electron chi connectivity index (χ0n) is 20.8. The highest BCUT2D eigenvalue weighted by Crippen LogP contribution is 2.20. The van der Waals surface area contributed by atoms with Gasteiger partial charge in [0.2, 0.25) is 0 Å². The van der Waals surface area contributed by atoms with E-state index in [9.17, 15) is 19.2 Å².